The summed E-state index contributed by atoms with van der Waals surface area (Å²) in [5.41, 5.74) is 0. The summed E-state index contributed by atoms with van der Waals surface area (Å²) < 4.78 is 2.07. The van der Waals surface area contributed by atoms with Crippen molar-refractivity contribution in [2.24, 2.45) is 5.92 Å². The molecule has 84 valence electrons. The lowest BCUT2D eigenvalue weighted by atomic mass is 10.0. The zero-order valence-corrected chi connectivity index (χ0v) is 10.9. The van der Waals surface area contributed by atoms with Gasteiger partial charge in [-0.15, -0.1) is 0 Å². The van der Waals surface area contributed by atoms with Crippen molar-refractivity contribution in [2.45, 2.75) is 39.7 Å². The lowest BCUT2D eigenvalue weighted by Crippen LogP contribution is -2.20. The van der Waals surface area contributed by atoms with Crippen molar-refractivity contribution in [3.63, 3.8) is 0 Å². The Hall–Kier alpha value is -0.150. The molecule has 0 radical (unpaired) electrons. The van der Waals surface area contributed by atoms with Crippen LogP contribution in [0.1, 0.15) is 33.6 Å². The molecule has 0 aliphatic carbocycles. The summed E-state index contributed by atoms with van der Waals surface area (Å²) in [4.78, 5) is 0. The van der Waals surface area contributed by atoms with Crippen molar-refractivity contribution in [2.75, 3.05) is 14.1 Å². The summed E-state index contributed by atoms with van der Waals surface area (Å²) in [6, 6.07) is 0.580. The molecule has 14 heavy (non-hydrogen) atoms. The molecule has 1 N–H and O–H groups in total. The minimum atomic E-state index is 0.580. The summed E-state index contributed by atoms with van der Waals surface area (Å²) >= 11 is 1.69. The Morgan fingerprint density at radius 2 is 1.86 bits per heavy atom. The molecule has 0 saturated heterocycles. The normalized spacial score (nSPS) is 14.2. The molecule has 0 saturated carbocycles. The van der Waals surface area contributed by atoms with Crippen LogP contribution < -0.4 is 5.32 Å². The van der Waals surface area contributed by atoms with E-state index in [1.54, 1.807) is 11.9 Å². The molecule has 0 aromatic rings. The molecule has 0 amide bonds. The Balaban J connectivity index is 3.43. The van der Waals surface area contributed by atoms with E-state index >= 15 is 0 Å². The molecule has 0 aromatic heterocycles. The maximum absolute atomic E-state index is 3.37. The highest BCUT2D eigenvalue weighted by Crippen LogP contribution is 2.07. The molecule has 0 bridgehead atoms. The number of rotatable bonds is 7. The van der Waals surface area contributed by atoms with Crippen molar-refractivity contribution in [1.82, 2.24) is 9.62 Å². The molecule has 2 nitrogen and oxygen atoms in total. The quantitative estimate of drug-likeness (QED) is 0.658. The summed E-state index contributed by atoms with van der Waals surface area (Å²) in [6.07, 6.45) is 4.58. The predicted molar refractivity (Wildman–Crippen MR) is 67.1 cm³/mol. The monoisotopic (exact) mass is 216 g/mol. The van der Waals surface area contributed by atoms with Gasteiger partial charge < -0.3 is 5.32 Å². The first-order chi connectivity index (χ1) is 6.52. The average molecular weight is 216 g/mol. The van der Waals surface area contributed by atoms with Gasteiger partial charge in [0, 0.05) is 17.6 Å². The van der Waals surface area contributed by atoms with Crippen LogP contribution in [0.5, 0.6) is 0 Å². The molecule has 0 spiro atoms. The van der Waals surface area contributed by atoms with Gasteiger partial charge in [0.05, 0.1) is 0 Å². The van der Waals surface area contributed by atoms with Crippen LogP contribution in [-0.2, 0) is 0 Å². The lowest BCUT2D eigenvalue weighted by Gasteiger charge is -2.13. The van der Waals surface area contributed by atoms with E-state index in [2.05, 4.69) is 35.8 Å². The molecule has 0 heterocycles. The first-order valence-electron chi connectivity index (χ1n) is 5.27. The Kier molecular flexibility index (Phi) is 8.09. The largest absolute Gasteiger partial charge is 0.388 e. The number of hydrogen-bond donors (Lipinski definition) is 1. The van der Waals surface area contributed by atoms with Crippen LogP contribution in [0.3, 0.4) is 0 Å². The van der Waals surface area contributed by atoms with Gasteiger partial charge in [0.2, 0.25) is 0 Å². The van der Waals surface area contributed by atoms with Gasteiger partial charge in [-0.3, -0.25) is 4.31 Å². The van der Waals surface area contributed by atoms with E-state index in [1.807, 2.05) is 20.3 Å². The fourth-order valence-corrected chi connectivity index (χ4v) is 1.41. The van der Waals surface area contributed by atoms with Crippen molar-refractivity contribution in [3.05, 3.63) is 11.6 Å². The van der Waals surface area contributed by atoms with Crippen LogP contribution >= 0.6 is 11.9 Å². The molecule has 1 atom stereocenters. The van der Waals surface area contributed by atoms with Gasteiger partial charge >= 0.3 is 0 Å². The second-order valence-corrected chi connectivity index (χ2v) is 5.47. The van der Waals surface area contributed by atoms with Gasteiger partial charge in [-0.2, -0.15) is 0 Å². The van der Waals surface area contributed by atoms with Crippen molar-refractivity contribution in [1.29, 1.82) is 0 Å². The van der Waals surface area contributed by atoms with Crippen molar-refractivity contribution in [3.8, 4) is 0 Å². The van der Waals surface area contributed by atoms with Crippen LogP contribution in [0.25, 0.3) is 0 Å². The molecular formula is C11H24N2S. The van der Waals surface area contributed by atoms with E-state index < -0.39 is 0 Å². The Morgan fingerprint density at radius 1 is 1.21 bits per heavy atom. The highest BCUT2D eigenvalue weighted by Gasteiger charge is 2.00. The highest BCUT2D eigenvalue weighted by atomic mass is 32.2. The SMILES string of the molecule is CC(C)CCC(C)N/C=C\SN(C)C. The zero-order valence-electron chi connectivity index (χ0n) is 10.1. The van der Waals surface area contributed by atoms with E-state index in [0.717, 1.165) is 5.92 Å². The van der Waals surface area contributed by atoms with E-state index in [-0.39, 0.29) is 0 Å². The third-order valence-corrected chi connectivity index (χ3v) is 2.58. The topological polar surface area (TPSA) is 15.3 Å². The number of nitrogens with one attached hydrogen (secondary N) is 1. The fourth-order valence-electron chi connectivity index (χ4n) is 1.02. The third-order valence-electron chi connectivity index (χ3n) is 1.90. The van der Waals surface area contributed by atoms with E-state index in [9.17, 15) is 0 Å². The maximum Gasteiger partial charge on any atom is 0.0227 e. The maximum atomic E-state index is 3.37. The molecule has 0 rings (SSSR count). The van der Waals surface area contributed by atoms with Gasteiger partial charge in [-0.05, 0) is 51.7 Å². The molecule has 1 unspecified atom stereocenters. The summed E-state index contributed by atoms with van der Waals surface area (Å²) in [7, 11) is 4.08. The molecule has 0 aliphatic rings. The third kappa shape index (κ3) is 9.93. The van der Waals surface area contributed by atoms with E-state index in [0.29, 0.717) is 6.04 Å². The van der Waals surface area contributed by atoms with Gasteiger partial charge in [0.1, 0.15) is 0 Å². The Labute approximate surface area is 93.3 Å². The molecule has 3 heteroatoms. The second-order valence-electron chi connectivity index (χ2n) is 4.26. The summed E-state index contributed by atoms with van der Waals surface area (Å²) in [5, 5.41) is 5.44. The van der Waals surface area contributed by atoms with Gasteiger partial charge in [0.15, 0.2) is 0 Å². The zero-order chi connectivity index (χ0) is 11.0. The standard InChI is InChI=1S/C11H24N2S/c1-10(2)6-7-11(3)12-8-9-14-13(4)5/h8-12H,6-7H2,1-5H3/b9-8-. The predicted octanol–water partition coefficient (Wildman–Crippen LogP) is 3.08. The van der Waals surface area contributed by atoms with Crippen LogP contribution in [0.15, 0.2) is 11.6 Å². The number of hydrogen-bond acceptors (Lipinski definition) is 3. The minimum Gasteiger partial charge on any atom is -0.388 e. The smallest absolute Gasteiger partial charge is 0.0227 e. The minimum absolute atomic E-state index is 0.580. The van der Waals surface area contributed by atoms with Crippen LogP contribution in [0, 0.1) is 5.92 Å². The molecule has 0 aromatic carbocycles. The van der Waals surface area contributed by atoms with Crippen molar-refractivity contribution < 1.29 is 0 Å². The molecule has 0 aliphatic heterocycles. The molecular weight excluding hydrogens is 192 g/mol. The first-order valence-corrected chi connectivity index (χ1v) is 6.11. The average Bonchev–Trinajstić information content (AvgIpc) is 2.08. The Bertz CT molecular complexity index is 155. The lowest BCUT2D eigenvalue weighted by molar-refractivity contribution is 0.485. The highest BCUT2D eigenvalue weighted by molar-refractivity contribution is 7.99. The van der Waals surface area contributed by atoms with E-state index in [4.69, 9.17) is 0 Å². The number of nitrogens with zero attached hydrogens (tertiary/aromatic N) is 1. The molecule has 0 fully saturated rings. The van der Waals surface area contributed by atoms with Gasteiger partial charge in [0.25, 0.3) is 0 Å². The Morgan fingerprint density at radius 3 is 2.36 bits per heavy atom. The fraction of sp³-hybridized carbons (Fsp3) is 0.818. The van der Waals surface area contributed by atoms with Crippen LogP contribution in [-0.4, -0.2) is 24.4 Å². The van der Waals surface area contributed by atoms with Gasteiger partial charge in [-0.1, -0.05) is 13.8 Å². The van der Waals surface area contributed by atoms with Gasteiger partial charge in [-0.25, -0.2) is 0 Å². The van der Waals surface area contributed by atoms with Crippen molar-refractivity contribution >= 4 is 11.9 Å². The first kappa shape index (κ1) is 13.8. The summed E-state index contributed by atoms with van der Waals surface area (Å²) in [6.45, 7) is 6.77. The van der Waals surface area contributed by atoms with Crippen LogP contribution in [0.4, 0.5) is 0 Å². The summed E-state index contributed by atoms with van der Waals surface area (Å²) in [5.74, 6) is 0.805. The second kappa shape index (κ2) is 8.18. The van der Waals surface area contributed by atoms with Crippen LogP contribution in [0.2, 0.25) is 0 Å². The van der Waals surface area contributed by atoms with E-state index in [1.165, 1.54) is 12.8 Å².